The summed E-state index contributed by atoms with van der Waals surface area (Å²) in [6.45, 7) is 11.2. The van der Waals surface area contributed by atoms with E-state index in [9.17, 15) is 23.1 Å². The number of anilines is 3. The Morgan fingerprint density at radius 1 is 1.18 bits per heavy atom. The number of halogens is 4. The van der Waals surface area contributed by atoms with Gasteiger partial charge in [0.1, 0.15) is 0 Å². The number of nitrogens with zero attached hydrogens (tertiary/aromatic N) is 2. The number of hydrogen-bond acceptors (Lipinski definition) is 5. The van der Waals surface area contributed by atoms with Crippen molar-refractivity contribution < 1.29 is 27.5 Å². The number of aromatic nitrogens is 1. The Morgan fingerprint density at radius 3 is 2.60 bits per heavy atom. The van der Waals surface area contributed by atoms with Gasteiger partial charge in [-0.25, -0.2) is 4.98 Å². The zero-order chi connectivity index (χ0) is 32.7. The molecule has 0 fully saturated rings. The third kappa shape index (κ3) is 7.14. The maximum Gasteiger partial charge on any atom is 0.416 e. The summed E-state index contributed by atoms with van der Waals surface area (Å²) >= 11 is 6.45. The Morgan fingerprint density at radius 2 is 1.93 bits per heavy atom. The third-order valence-corrected chi connectivity index (χ3v) is 14.0. The van der Waals surface area contributed by atoms with Crippen LogP contribution in [0.2, 0.25) is 23.2 Å². The molecule has 1 atom stereocenters. The van der Waals surface area contributed by atoms with Crippen molar-refractivity contribution in [3.05, 3.63) is 87.6 Å². The molecule has 3 aromatic rings. The normalized spacial score (nSPS) is 18.0. The summed E-state index contributed by atoms with van der Waals surface area (Å²) in [6, 6.07) is 10.9. The van der Waals surface area contributed by atoms with Crippen LogP contribution in [0.25, 0.3) is 5.57 Å². The molecule has 1 aromatic heterocycles. The number of aryl methyl sites for hydroxylation is 1. The first kappa shape index (κ1) is 33.2. The van der Waals surface area contributed by atoms with Gasteiger partial charge in [0.15, 0.2) is 14.1 Å². The van der Waals surface area contributed by atoms with Crippen molar-refractivity contribution in [2.75, 3.05) is 16.8 Å². The maximum atomic E-state index is 13.8. The minimum absolute atomic E-state index is 0.0701. The Bertz CT molecular complexity index is 1640. The molecule has 0 bridgehead atoms. The molecule has 1 aliphatic heterocycles. The number of aliphatic hydroxyl groups is 1. The van der Waals surface area contributed by atoms with E-state index in [1.54, 1.807) is 11.0 Å². The van der Waals surface area contributed by atoms with Crippen LogP contribution in [0.1, 0.15) is 61.4 Å². The van der Waals surface area contributed by atoms with Crippen molar-refractivity contribution >= 4 is 48.6 Å². The van der Waals surface area contributed by atoms with Gasteiger partial charge in [-0.2, -0.15) is 13.2 Å². The fraction of sp³-hybridized carbons (Fsp3) is 0.412. The van der Waals surface area contributed by atoms with Crippen LogP contribution in [0.3, 0.4) is 0 Å². The lowest BCUT2D eigenvalue weighted by atomic mass is 9.88. The number of fused-ring (bicyclic) bond motifs is 2. The zero-order valence-corrected chi connectivity index (χ0v) is 27.9. The quantitative estimate of drug-likeness (QED) is 0.205. The second-order valence-corrected chi connectivity index (χ2v) is 18.4. The monoisotopic (exact) mass is 657 g/mol. The van der Waals surface area contributed by atoms with Crippen molar-refractivity contribution in [1.29, 1.82) is 0 Å². The number of aliphatic hydroxyl groups excluding tert-OH is 1. The summed E-state index contributed by atoms with van der Waals surface area (Å²) < 4.78 is 48.0. The standard InChI is InChI=1S/C34H39ClF3N3O3Si/c1-33(2,3)45(4,5)44-25-11-9-22-7-6-8-29(27(22)18-25)40-31(43)16-23-13-14-41(32-28(35)15-21(20-42)19-39-32)30-17-24(34(36,37)38)10-12-26(23)30/h6-8,10,12,15-17,19,25,42H,9,11,13-14,18,20H2,1-5H3,(H,40,43). The Balaban J connectivity index is 1.43. The molecule has 0 radical (unpaired) electrons. The summed E-state index contributed by atoms with van der Waals surface area (Å²) in [7, 11) is -1.98. The molecule has 6 nitrogen and oxygen atoms in total. The van der Waals surface area contributed by atoms with Gasteiger partial charge >= 0.3 is 6.18 Å². The first-order chi connectivity index (χ1) is 21.1. The molecule has 1 amide bonds. The second kappa shape index (κ2) is 12.5. The Hall–Kier alpha value is -3.18. The van der Waals surface area contributed by atoms with E-state index in [2.05, 4.69) is 50.2 Å². The molecule has 5 rings (SSSR count). The van der Waals surface area contributed by atoms with Crippen molar-refractivity contribution in [3.63, 3.8) is 0 Å². The van der Waals surface area contributed by atoms with Crippen molar-refractivity contribution in [3.8, 4) is 0 Å². The summed E-state index contributed by atoms with van der Waals surface area (Å²) in [5, 5.41) is 12.8. The predicted molar refractivity (Wildman–Crippen MR) is 175 cm³/mol. The van der Waals surface area contributed by atoms with E-state index in [4.69, 9.17) is 16.0 Å². The van der Waals surface area contributed by atoms with E-state index < -0.39 is 20.1 Å². The number of carbonyl (C=O) groups excluding carboxylic acids is 1. The van der Waals surface area contributed by atoms with E-state index in [1.165, 1.54) is 23.9 Å². The Kier molecular flexibility index (Phi) is 9.25. The van der Waals surface area contributed by atoms with Crippen LogP contribution in [0, 0.1) is 0 Å². The van der Waals surface area contributed by atoms with Crippen LogP contribution in [-0.2, 0) is 34.8 Å². The first-order valence-electron chi connectivity index (χ1n) is 15.1. The highest BCUT2D eigenvalue weighted by Gasteiger charge is 2.40. The topological polar surface area (TPSA) is 74.7 Å². The summed E-state index contributed by atoms with van der Waals surface area (Å²) in [6.07, 6.45) is 1.29. The fourth-order valence-electron chi connectivity index (χ4n) is 5.71. The number of carbonyl (C=O) groups is 1. The molecular weight excluding hydrogens is 619 g/mol. The molecule has 45 heavy (non-hydrogen) atoms. The van der Waals surface area contributed by atoms with Crippen molar-refractivity contribution in [1.82, 2.24) is 4.98 Å². The van der Waals surface area contributed by atoms with Gasteiger partial charge in [0, 0.05) is 36.2 Å². The van der Waals surface area contributed by atoms with E-state index in [0.717, 1.165) is 36.2 Å². The van der Waals surface area contributed by atoms with E-state index in [1.807, 2.05) is 12.1 Å². The maximum absolute atomic E-state index is 13.8. The van der Waals surface area contributed by atoms with Gasteiger partial charge in [0.2, 0.25) is 5.91 Å². The lowest BCUT2D eigenvalue weighted by Gasteiger charge is -2.40. The van der Waals surface area contributed by atoms with E-state index in [0.29, 0.717) is 29.5 Å². The molecule has 11 heteroatoms. The molecular formula is C34H39ClF3N3O3Si. The highest BCUT2D eigenvalue weighted by atomic mass is 35.5. The SMILES string of the molecule is CC(C)(C)[Si](C)(C)OC1CCc2cccc(NC(=O)C=C3CCN(c4ncc(CO)cc4Cl)c4cc(C(F)(F)F)ccc43)c2C1. The largest absolute Gasteiger partial charge is 0.416 e. The lowest BCUT2D eigenvalue weighted by molar-refractivity contribution is -0.137. The summed E-state index contributed by atoms with van der Waals surface area (Å²) in [5.74, 6) is -0.0723. The van der Waals surface area contributed by atoms with Crippen LogP contribution in [0.4, 0.5) is 30.4 Å². The Labute approximate surface area is 268 Å². The number of rotatable bonds is 6. The number of pyridine rings is 1. The lowest BCUT2D eigenvalue weighted by Crippen LogP contribution is -2.45. The average molecular weight is 658 g/mol. The fourth-order valence-corrected chi connectivity index (χ4v) is 7.39. The molecule has 0 saturated heterocycles. The van der Waals surface area contributed by atoms with E-state index in [-0.39, 0.29) is 46.7 Å². The minimum atomic E-state index is -4.56. The minimum Gasteiger partial charge on any atom is -0.414 e. The molecule has 2 N–H and O–H groups in total. The first-order valence-corrected chi connectivity index (χ1v) is 18.4. The van der Waals surface area contributed by atoms with Crippen LogP contribution in [0.15, 0.2) is 54.7 Å². The van der Waals surface area contributed by atoms with Gasteiger partial charge in [-0.1, -0.05) is 50.6 Å². The number of nitrogens with one attached hydrogen (secondary N) is 1. The molecule has 0 saturated carbocycles. The zero-order valence-electron chi connectivity index (χ0n) is 26.2. The number of alkyl halides is 3. The number of hydrogen-bond donors (Lipinski definition) is 2. The third-order valence-electron chi connectivity index (χ3n) is 9.15. The van der Waals surface area contributed by atoms with Crippen LogP contribution in [0.5, 0.6) is 0 Å². The number of benzene rings is 2. The molecule has 2 aromatic carbocycles. The van der Waals surface area contributed by atoms with Gasteiger partial charge in [-0.3, -0.25) is 4.79 Å². The van der Waals surface area contributed by atoms with Gasteiger partial charge < -0.3 is 19.7 Å². The second-order valence-electron chi connectivity index (χ2n) is 13.3. The molecule has 0 spiro atoms. The molecule has 2 aliphatic rings. The van der Waals surface area contributed by atoms with Gasteiger partial charge in [0.25, 0.3) is 0 Å². The van der Waals surface area contributed by atoms with Gasteiger partial charge in [0.05, 0.1) is 22.9 Å². The van der Waals surface area contributed by atoms with Gasteiger partial charge in [-0.05, 0) is 90.3 Å². The number of amides is 1. The molecule has 2 heterocycles. The van der Waals surface area contributed by atoms with Gasteiger partial charge in [-0.15, -0.1) is 0 Å². The molecule has 1 aliphatic carbocycles. The predicted octanol–water partition coefficient (Wildman–Crippen LogP) is 8.69. The summed E-state index contributed by atoms with van der Waals surface area (Å²) in [5.41, 5.74) is 4.01. The van der Waals surface area contributed by atoms with Crippen molar-refractivity contribution in [2.24, 2.45) is 0 Å². The molecule has 240 valence electrons. The highest BCUT2D eigenvalue weighted by Crippen LogP contribution is 2.44. The van der Waals surface area contributed by atoms with Crippen LogP contribution < -0.4 is 10.2 Å². The van der Waals surface area contributed by atoms with Crippen LogP contribution >= 0.6 is 11.6 Å². The van der Waals surface area contributed by atoms with Crippen LogP contribution in [-0.4, -0.2) is 37.0 Å². The molecule has 1 unspecified atom stereocenters. The average Bonchev–Trinajstić information content (AvgIpc) is 2.96. The smallest absolute Gasteiger partial charge is 0.414 e. The summed E-state index contributed by atoms with van der Waals surface area (Å²) in [4.78, 5) is 19.4. The highest BCUT2D eigenvalue weighted by molar-refractivity contribution is 6.74. The van der Waals surface area contributed by atoms with Crippen molar-refractivity contribution in [2.45, 2.75) is 83.5 Å². The van der Waals surface area contributed by atoms with E-state index >= 15 is 0 Å².